The van der Waals surface area contributed by atoms with Crippen LogP contribution < -0.4 is 5.73 Å². The van der Waals surface area contributed by atoms with E-state index in [4.69, 9.17) is 10.5 Å². The number of hydrogen-bond acceptors (Lipinski definition) is 5. The second kappa shape index (κ2) is 6.18. The Bertz CT molecular complexity index is 223. The zero-order valence-electron chi connectivity index (χ0n) is 10.2. The van der Waals surface area contributed by atoms with Gasteiger partial charge >= 0.3 is 5.97 Å². The summed E-state index contributed by atoms with van der Waals surface area (Å²) in [7, 11) is 1.37. The predicted octanol–water partition coefficient (Wildman–Crippen LogP) is -0.0108. The molecule has 1 saturated heterocycles. The SMILES string of the molecule is COC(=O)C(C)(N)CCN1CCCOCC1. The molecule has 16 heavy (non-hydrogen) atoms. The largest absolute Gasteiger partial charge is 0.468 e. The Morgan fingerprint density at radius 1 is 1.50 bits per heavy atom. The Labute approximate surface area is 96.9 Å². The van der Waals surface area contributed by atoms with E-state index in [-0.39, 0.29) is 5.97 Å². The van der Waals surface area contributed by atoms with Gasteiger partial charge in [-0.1, -0.05) is 0 Å². The molecular formula is C11H22N2O3. The first-order valence-corrected chi connectivity index (χ1v) is 5.73. The van der Waals surface area contributed by atoms with Crippen molar-refractivity contribution in [2.75, 3.05) is 40.0 Å². The smallest absolute Gasteiger partial charge is 0.325 e. The predicted molar refractivity (Wildman–Crippen MR) is 61.1 cm³/mol. The number of nitrogens with zero attached hydrogens (tertiary/aromatic N) is 1. The number of hydrogen-bond donors (Lipinski definition) is 1. The van der Waals surface area contributed by atoms with Crippen LogP contribution in [0.2, 0.25) is 0 Å². The maximum atomic E-state index is 11.4. The highest BCUT2D eigenvalue weighted by Gasteiger charge is 2.29. The van der Waals surface area contributed by atoms with Crippen LogP contribution in [0, 0.1) is 0 Å². The molecular weight excluding hydrogens is 208 g/mol. The molecule has 0 spiro atoms. The lowest BCUT2D eigenvalue weighted by atomic mass is 9.99. The second-order valence-electron chi connectivity index (χ2n) is 4.47. The lowest BCUT2D eigenvalue weighted by Gasteiger charge is -2.26. The summed E-state index contributed by atoms with van der Waals surface area (Å²) in [4.78, 5) is 13.7. The normalized spacial score (nSPS) is 22.2. The van der Waals surface area contributed by atoms with Crippen LogP contribution in [-0.4, -0.2) is 56.4 Å². The van der Waals surface area contributed by atoms with E-state index in [1.807, 2.05) is 0 Å². The zero-order chi connectivity index (χ0) is 12.0. The van der Waals surface area contributed by atoms with Crippen molar-refractivity contribution in [2.45, 2.75) is 25.3 Å². The van der Waals surface area contributed by atoms with E-state index in [1.165, 1.54) is 7.11 Å². The molecule has 94 valence electrons. The van der Waals surface area contributed by atoms with E-state index < -0.39 is 5.54 Å². The van der Waals surface area contributed by atoms with Gasteiger partial charge in [0.05, 0.1) is 13.7 Å². The molecule has 0 bridgehead atoms. The van der Waals surface area contributed by atoms with Gasteiger partial charge in [0.1, 0.15) is 5.54 Å². The molecule has 0 aromatic carbocycles. The van der Waals surface area contributed by atoms with Crippen LogP contribution in [0.25, 0.3) is 0 Å². The van der Waals surface area contributed by atoms with Crippen LogP contribution in [0.15, 0.2) is 0 Å². The number of carbonyl (C=O) groups excluding carboxylic acids is 1. The second-order valence-corrected chi connectivity index (χ2v) is 4.47. The van der Waals surface area contributed by atoms with Gasteiger partial charge < -0.3 is 20.1 Å². The zero-order valence-corrected chi connectivity index (χ0v) is 10.2. The highest BCUT2D eigenvalue weighted by atomic mass is 16.5. The van der Waals surface area contributed by atoms with E-state index in [2.05, 4.69) is 9.64 Å². The number of ether oxygens (including phenoxy) is 2. The molecule has 0 aliphatic carbocycles. The van der Waals surface area contributed by atoms with Gasteiger partial charge in [-0.2, -0.15) is 0 Å². The van der Waals surface area contributed by atoms with Gasteiger partial charge in [-0.05, 0) is 19.8 Å². The third-order valence-corrected chi connectivity index (χ3v) is 2.91. The van der Waals surface area contributed by atoms with Crippen LogP contribution in [0.5, 0.6) is 0 Å². The number of esters is 1. The van der Waals surface area contributed by atoms with E-state index in [0.29, 0.717) is 6.42 Å². The maximum absolute atomic E-state index is 11.4. The fourth-order valence-electron chi connectivity index (χ4n) is 1.75. The number of methoxy groups -OCH3 is 1. The van der Waals surface area contributed by atoms with Gasteiger partial charge in [0.15, 0.2) is 0 Å². The minimum Gasteiger partial charge on any atom is -0.468 e. The first-order valence-electron chi connectivity index (χ1n) is 5.73. The van der Waals surface area contributed by atoms with Crippen molar-refractivity contribution in [1.29, 1.82) is 0 Å². The van der Waals surface area contributed by atoms with Crippen molar-refractivity contribution in [1.82, 2.24) is 4.90 Å². The molecule has 1 atom stereocenters. The van der Waals surface area contributed by atoms with E-state index in [9.17, 15) is 4.79 Å². The van der Waals surface area contributed by atoms with Crippen molar-refractivity contribution < 1.29 is 14.3 Å². The quantitative estimate of drug-likeness (QED) is 0.688. The molecule has 2 N–H and O–H groups in total. The first-order chi connectivity index (χ1) is 7.56. The third kappa shape index (κ3) is 4.08. The third-order valence-electron chi connectivity index (χ3n) is 2.91. The average molecular weight is 230 g/mol. The average Bonchev–Trinajstić information content (AvgIpc) is 2.53. The Morgan fingerprint density at radius 2 is 2.25 bits per heavy atom. The van der Waals surface area contributed by atoms with Crippen molar-refractivity contribution >= 4 is 5.97 Å². The number of carbonyl (C=O) groups is 1. The molecule has 0 saturated carbocycles. The fraction of sp³-hybridized carbons (Fsp3) is 0.909. The summed E-state index contributed by atoms with van der Waals surface area (Å²) in [6.07, 6.45) is 1.65. The van der Waals surface area contributed by atoms with Crippen molar-refractivity contribution in [3.63, 3.8) is 0 Å². The summed E-state index contributed by atoms with van der Waals surface area (Å²) in [5.74, 6) is -0.349. The van der Waals surface area contributed by atoms with Gasteiger partial charge in [-0.15, -0.1) is 0 Å². The van der Waals surface area contributed by atoms with Gasteiger partial charge in [-0.25, -0.2) is 0 Å². The molecule has 0 aromatic rings. The molecule has 1 unspecified atom stereocenters. The molecule has 0 radical (unpaired) electrons. The fourth-order valence-corrected chi connectivity index (χ4v) is 1.75. The highest BCUT2D eigenvalue weighted by Crippen LogP contribution is 2.10. The van der Waals surface area contributed by atoms with Gasteiger partial charge in [0, 0.05) is 26.2 Å². The molecule has 1 aliphatic rings. The Morgan fingerprint density at radius 3 is 2.94 bits per heavy atom. The minimum atomic E-state index is -0.887. The van der Waals surface area contributed by atoms with Crippen LogP contribution in [0.4, 0.5) is 0 Å². The van der Waals surface area contributed by atoms with Crippen LogP contribution >= 0.6 is 0 Å². The number of rotatable bonds is 4. The van der Waals surface area contributed by atoms with Crippen LogP contribution in [0.3, 0.4) is 0 Å². The van der Waals surface area contributed by atoms with Crippen molar-refractivity contribution in [2.24, 2.45) is 5.73 Å². The van der Waals surface area contributed by atoms with E-state index in [0.717, 1.165) is 39.3 Å². The minimum absolute atomic E-state index is 0.349. The number of nitrogens with two attached hydrogens (primary N) is 1. The van der Waals surface area contributed by atoms with Crippen LogP contribution in [-0.2, 0) is 14.3 Å². The molecule has 5 nitrogen and oxygen atoms in total. The molecule has 5 heteroatoms. The van der Waals surface area contributed by atoms with Gasteiger partial charge in [-0.3, -0.25) is 4.79 Å². The highest BCUT2D eigenvalue weighted by molar-refractivity contribution is 5.79. The maximum Gasteiger partial charge on any atom is 0.325 e. The Hall–Kier alpha value is -0.650. The van der Waals surface area contributed by atoms with Crippen molar-refractivity contribution in [3.8, 4) is 0 Å². The lowest BCUT2D eigenvalue weighted by Crippen LogP contribution is -2.48. The molecule has 1 rings (SSSR count). The topological polar surface area (TPSA) is 64.8 Å². The van der Waals surface area contributed by atoms with Crippen LogP contribution in [0.1, 0.15) is 19.8 Å². The summed E-state index contributed by atoms with van der Waals surface area (Å²) in [5, 5.41) is 0. The molecule has 1 fully saturated rings. The van der Waals surface area contributed by atoms with Crippen molar-refractivity contribution in [3.05, 3.63) is 0 Å². The Balaban J connectivity index is 2.34. The molecule has 0 aromatic heterocycles. The molecule has 0 amide bonds. The lowest BCUT2D eigenvalue weighted by molar-refractivity contribution is -0.146. The van der Waals surface area contributed by atoms with Gasteiger partial charge in [0.25, 0.3) is 0 Å². The monoisotopic (exact) mass is 230 g/mol. The molecule has 1 aliphatic heterocycles. The van der Waals surface area contributed by atoms with E-state index >= 15 is 0 Å². The summed E-state index contributed by atoms with van der Waals surface area (Å²) in [5.41, 5.74) is 5.01. The van der Waals surface area contributed by atoms with E-state index in [1.54, 1.807) is 6.92 Å². The summed E-state index contributed by atoms with van der Waals surface area (Å²) in [6.45, 7) is 6.04. The summed E-state index contributed by atoms with van der Waals surface area (Å²) >= 11 is 0. The summed E-state index contributed by atoms with van der Waals surface area (Å²) in [6, 6.07) is 0. The first kappa shape index (κ1) is 13.4. The Kier molecular flexibility index (Phi) is 5.18. The molecule has 1 heterocycles. The standard InChI is InChI=1S/C11H22N2O3/c1-11(12,10(14)15-2)4-6-13-5-3-8-16-9-7-13/h3-9,12H2,1-2H3. The van der Waals surface area contributed by atoms with Gasteiger partial charge in [0.2, 0.25) is 0 Å². The summed E-state index contributed by atoms with van der Waals surface area (Å²) < 4.78 is 10.0.